The van der Waals surface area contributed by atoms with Crippen LogP contribution in [0, 0.1) is 17.1 Å². The number of rotatable bonds is 2. The molecular formula is C14H17FN2. The maximum absolute atomic E-state index is 13.3. The van der Waals surface area contributed by atoms with Crippen molar-refractivity contribution in [2.24, 2.45) is 5.73 Å². The monoisotopic (exact) mass is 232 g/mol. The van der Waals surface area contributed by atoms with E-state index in [-0.39, 0.29) is 11.0 Å². The fraction of sp³-hybridized carbons (Fsp3) is 0.500. The molecule has 2 N–H and O–H groups in total. The molecule has 1 fully saturated rings. The number of benzene rings is 1. The Bertz CT molecular complexity index is 442. The second-order valence-corrected chi connectivity index (χ2v) is 4.85. The molecule has 0 heterocycles. The van der Waals surface area contributed by atoms with E-state index in [1.165, 1.54) is 12.5 Å². The van der Waals surface area contributed by atoms with Crippen molar-refractivity contribution in [3.8, 4) is 6.07 Å². The highest BCUT2D eigenvalue weighted by Gasteiger charge is 2.32. The lowest BCUT2D eigenvalue weighted by molar-refractivity contribution is 0.300. The van der Waals surface area contributed by atoms with Gasteiger partial charge in [0.2, 0.25) is 0 Å². The third-order valence-corrected chi connectivity index (χ3v) is 3.90. The summed E-state index contributed by atoms with van der Waals surface area (Å²) in [5, 5.41) is 8.88. The van der Waals surface area contributed by atoms with Gasteiger partial charge in [-0.05, 0) is 30.5 Å². The van der Waals surface area contributed by atoms with Gasteiger partial charge in [0.25, 0.3) is 0 Å². The second kappa shape index (κ2) is 4.85. The Morgan fingerprint density at radius 1 is 1.29 bits per heavy atom. The summed E-state index contributed by atoms with van der Waals surface area (Å²) in [5.74, 6) is -0.445. The minimum atomic E-state index is -0.445. The van der Waals surface area contributed by atoms with Crippen LogP contribution in [0.25, 0.3) is 0 Å². The topological polar surface area (TPSA) is 49.8 Å². The van der Waals surface area contributed by atoms with Crippen molar-refractivity contribution in [1.82, 2.24) is 0 Å². The van der Waals surface area contributed by atoms with Crippen LogP contribution >= 0.6 is 0 Å². The van der Waals surface area contributed by atoms with E-state index in [0.717, 1.165) is 31.2 Å². The lowest BCUT2D eigenvalue weighted by Crippen LogP contribution is -2.37. The van der Waals surface area contributed by atoms with Gasteiger partial charge in [-0.3, -0.25) is 0 Å². The van der Waals surface area contributed by atoms with Crippen LogP contribution in [-0.2, 0) is 5.41 Å². The zero-order chi connectivity index (χ0) is 12.3. The Labute approximate surface area is 101 Å². The maximum Gasteiger partial charge on any atom is 0.140 e. The largest absolute Gasteiger partial charge is 0.330 e. The number of halogens is 1. The Balaban J connectivity index is 2.40. The van der Waals surface area contributed by atoms with Crippen LogP contribution in [0.2, 0.25) is 0 Å². The van der Waals surface area contributed by atoms with Crippen molar-refractivity contribution >= 4 is 0 Å². The molecule has 0 spiro atoms. The highest BCUT2D eigenvalue weighted by atomic mass is 19.1. The summed E-state index contributed by atoms with van der Waals surface area (Å²) in [4.78, 5) is 0. The van der Waals surface area contributed by atoms with E-state index in [1.807, 2.05) is 6.07 Å². The Kier molecular flexibility index (Phi) is 3.44. The van der Waals surface area contributed by atoms with E-state index in [1.54, 1.807) is 12.1 Å². The molecule has 0 unspecified atom stereocenters. The van der Waals surface area contributed by atoms with Gasteiger partial charge in [-0.2, -0.15) is 5.26 Å². The summed E-state index contributed by atoms with van der Waals surface area (Å²) in [5.41, 5.74) is 7.03. The quantitative estimate of drug-likeness (QED) is 0.852. The molecule has 1 aliphatic rings. The molecule has 3 heteroatoms. The van der Waals surface area contributed by atoms with Crippen molar-refractivity contribution in [3.05, 3.63) is 35.1 Å². The Morgan fingerprint density at radius 2 is 2.00 bits per heavy atom. The zero-order valence-electron chi connectivity index (χ0n) is 9.88. The number of nitriles is 1. The molecule has 0 bridgehead atoms. The number of hydrogen-bond donors (Lipinski definition) is 1. The molecule has 2 nitrogen and oxygen atoms in total. The number of hydrogen-bond acceptors (Lipinski definition) is 2. The van der Waals surface area contributed by atoms with Crippen LogP contribution in [-0.4, -0.2) is 6.54 Å². The van der Waals surface area contributed by atoms with E-state index < -0.39 is 5.82 Å². The molecule has 1 saturated carbocycles. The fourth-order valence-electron chi connectivity index (χ4n) is 2.78. The summed E-state index contributed by atoms with van der Waals surface area (Å²) >= 11 is 0. The zero-order valence-corrected chi connectivity index (χ0v) is 9.88. The first-order chi connectivity index (χ1) is 8.22. The third kappa shape index (κ3) is 2.18. The maximum atomic E-state index is 13.3. The van der Waals surface area contributed by atoms with E-state index in [9.17, 15) is 4.39 Å². The van der Waals surface area contributed by atoms with Gasteiger partial charge in [0.15, 0.2) is 0 Å². The molecule has 1 aromatic rings. The van der Waals surface area contributed by atoms with Gasteiger partial charge in [0.05, 0.1) is 5.56 Å². The van der Waals surface area contributed by atoms with Gasteiger partial charge in [-0.1, -0.05) is 25.3 Å². The predicted octanol–water partition coefficient (Wildman–Crippen LogP) is 2.86. The van der Waals surface area contributed by atoms with Crippen LogP contribution in [0.3, 0.4) is 0 Å². The van der Waals surface area contributed by atoms with E-state index in [4.69, 9.17) is 11.0 Å². The molecule has 0 amide bonds. The summed E-state index contributed by atoms with van der Waals surface area (Å²) in [7, 11) is 0. The molecule has 0 saturated heterocycles. The van der Waals surface area contributed by atoms with E-state index in [2.05, 4.69) is 0 Å². The van der Waals surface area contributed by atoms with Gasteiger partial charge in [-0.15, -0.1) is 0 Å². The minimum Gasteiger partial charge on any atom is -0.330 e. The lowest BCUT2D eigenvalue weighted by atomic mass is 9.69. The van der Waals surface area contributed by atoms with Gasteiger partial charge in [-0.25, -0.2) is 4.39 Å². The second-order valence-electron chi connectivity index (χ2n) is 4.85. The van der Waals surface area contributed by atoms with Crippen molar-refractivity contribution in [3.63, 3.8) is 0 Å². The summed E-state index contributed by atoms with van der Waals surface area (Å²) in [6.07, 6.45) is 5.65. The molecule has 90 valence electrons. The third-order valence-electron chi connectivity index (χ3n) is 3.90. The Hall–Kier alpha value is -1.40. The van der Waals surface area contributed by atoms with Crippen molar-refractivity contribution in [2.75, 3.05) is 6.54 Å². The molecule has 17 heavy (non-hydrogen) atoms. The van der Waals surface area contributed by atoms with Crippen molar-refractivity contribution < 1.29 is 4.39 Å². The van der Waals surface area contributed by atoms with Crippen LogP contribution in [0.4, 0.5) is 4.39 Å². The first kappa shape index (κ1) is 12.1. The molecule has 2 rings (SSSR count). The Morgan fingerprint density at radius 3 is 2.59 bits per heavy atom. The predicted molar refractivity (Wildman–Crippen MR) is 64.9 cm³/mol. The minimum absolute atomic E-state index is 0.0441. The lowest BCUT2D eigenvalue weighted by Gasteiger charge is -2.37. The SMILES string of the molecule is N#Cc1cc(C2(CN)CCCCC2)ccc1F. The highest BCUT2D eigenvalue weighted by Crippen LogP contribution is 2.39. The van der Waals surface area contributed by atoms with Crippen molar-refractivity contribution in [1.29, 1.82) is 5.26 Å². The average Bonchev–Trinajstić information content (AvgIpc) is 2.40. The molecule has 1 aromatic carbocycles. The first-order valence-electron chi connectivity index (χ1n) is 6.12. The number of nitrogens with two attached hydrogens (primary N) is 1. The standard InChI is InChI=1S/C14H17FN2/c15-13-5-4-12(8-11(13)9-16)14(10-17)6-2-1-3-7-14/h4-5,8H,1-3,6-7,10,17H2. The van der Waals surface area contributed by atoms with Crippen LogP contribution in [0.5, 0.6) is 0 Å². The fourth-order valence-corrected chi connectivity index (χ4v) is 2.78. The molecule has 0 atom stereocenters. The van der Waals surface area contributed by atoms with Gasteiger partial charge < -0.3 is 5.73 Å². The molecular weight excluding hydrogens is 215 g/mol. The molecule has 0 radical (unpaired) electrons. The molecule has 0 aromatic heterocycles. The van der Waals surface area contributed by atoms with Gasteiger partial charge in [0, 0.05) is 12.0 Å². The first-order valence-corrected chi connectivity index (χ1v) is 6.12. The normalized spacial score (nSPS) is 18.6. The van der Waals surface area contributed by atoms with Gasteiger partial charge in [0.1, 0.15) is 11.9 Å². The smallest absolute Gasteiger partial charge is 0.140 e. The van der Waals surface area contributed by atoms with Crippen LogP contribution < -0.4 is 5.73 Å². The van der Waals surface area contributed by atoms with Crippen molar-refractivity contribution in [2.45, 2.75) is 37.5 Å². The summed E-state index contributed by atoms with van der Waals surface area (Å²) in [6.45, 7) is 0.573. The molecule has 1 aliphatic carbocycles. The summed E-state index contributed by atoms with van der Waals surface area (Å²) in [6, 6.07) is 6.75. The molecule has 0 aliphatic heterocycles. The average molecular weight is 232 g/mol. The van der Waals surface area contributed by atoms with Crippen LogP contribution in [0.1, 0.15) is 43.2 Å². The van der Waals surface area contributed by atoms with Gasteiger partial charge >= 0.3 is 0 Å². The van der Waals surface area contributed by atoms with E-state index in [0.29, 0.717) is 6.54 Å². The number of nitrogens with zero attached hydrogens (tertiary/aromatic N) is 1. The van der Waals surface area contributed by atoms with E-state index >= 15 is 0 Å². The highest BCUT2D eigenvalue weighted by molar-refractivity contribution is 5.38. The summed E-state index contributed by atoms with van der Waals surface area (Å²) < 4.78 is 13.3. The van der Waals surface area contributed by atoms with Crippen LogP contribution in [0.15, 0.2) is 18.2 Å².